The van der Waals surface area contributed by atoms with Crippen LogP contribution in [0.4, 0.5) is 0 Å². The number of sulfone groups is 1. The minimum absolute atomic E-state index is 0.200. The lowest BCUT2D eigenvalue weighted by molar-refractivity contribution is 0.0930. The quantitative estimate of drug-likeness (QED) is 0.876. The zero-order valence-electron chi connectivity index (χ0n) is 12.6. The molecule has 3 heterocycles. The number of hydrogen-bond donors (Lipinski definition) is 1. The Kier molecular flexibility index (Phi) is 4.46. The van der Waals surface area contributed by atoms with Crippen LogP contribution in [0, 0.1) is 5.92 Å². The van der Waals surface area contributed by atoms with E-state index >= 15 is 0 Å². The van der Waals surface area contributed by atoms with Crippen molar-refractivity contribution in [1.29, 1.82) is 0 Å². The number of amides is 1. The number of carbonyl (C=O) groups excluding carboxylic acids is 1. The highest BCUT2D eigenvalue weighted by atomic mass is 32.2. The van der Waals surface area contributed by atoms with Crippen molar-refractivity contribution in [2.75, 3.05) is 18.1 Å². The Labute approximate surface area is 130 Å². The van der Waals surface area contributed by atoms with Crippen molar-refractivity contribution in [1.82, 2.24) is 20.1 Å². The Morgan fingerprint density at radius 3 is 2.73 bits per heavy atom. The van der Waals surface area contributed by atoms with Gasteiger partial charge in [0.2, 0.25) is 5.82 Å². The number of aryl methyl sites for hydroxylation is 1. The Morgan fingerprint density at radius 1 is 1.18 bits per heavy atom. The summed E-state index contributed by atoms with van der Waals surface area (Å²) in [5.41, 5.74) is 0. The van der Waals surface area contributed by atoms with E-state index in [0.717, 1.165) is 38.1 Å². The fourth-order valence-corrected chi connectivity index (χ4v) is 4.70. The van der Waals surface area contributed by atoms with E-state index in [2.05, 4.69) is 15.5 Å². The number of carbonyl (C=O) groups is 1. The van der Waals surface area contributed by atoms with E-state index in [-0.39, 0.29) is 23.3 Å². The average molecular weight is 326 g/mol. The highest BCUT2D eigenvalue weighted by molar-refractivity contribution is 7.91. The first-order valence-electron chi connectivity index (χ1n) is 7.96. The zero-order valence-corrected chi connectivity index (χ0v) is 13.4. The summed E-state index contributed by atoms with van der Waals surface area (Å²) in [7, 11) is -2.85. The van der Waals surface area contributed by atoms with Crippen LogP contribution in [0.25, 0.3) is 0 Å². The summed E-state index contributed by atoms with van der Waals surface area (Å²) in [6.45, 7) is 1.31. The molecule has 1 aromatic rings. The molecule has 0 radical (unpaired) electrons. The predicted molar refractivity (Wildman–Crippen MR) is 81.3 cm³/mol. The number of hydrogen-bond acceptors (Lipinski definition) is 5. The van der Waals surface area contributed by atoms with E-state index in [1.807, 2.05) is 4.57 Å². The molecular weight excluding hydrogens is 304 g/mol. The van der Waals surface area contributed by atoms with Crippen LogP contribution in [0.2, 0.25) is 0 Å². The molecular formula is C14H22N4O3S. The second kappa shape index (κ2) is 6.36. The van der Waals surface area contributed by atoms with Gasteiger partial charge >= 0.3 is 0 Å². The molecule has 22 heavy (non-hydrogen) atoms. The van der Waals surface area contributed by atoms with Gasteiger partial charge in [0.1, 0.15) is 15.7 Å². The summed E-state index contributed by atoms with van der Waals surface area (Å²) in [5.74, 6) is 1.78. The van der Waals surface area contributed by atoms with Crippen LogP contribution in [0.15, 0.2) is 0 Å². The highest BCUT2D eigenvalue weighted by Gasteiger charge is 2.25. The van der Waals surface area contributed by atoms with E-state index in [1.54, 1.807) is 0 Å². The number of nitrogens with one attached hydrogen (secondary N) is 1. The van der Waals surface area contributed by atoms with Crippen LogP contribution < -0.4 is 5.32 Å². The summed E-state index contributed by atoms with van der Waals surface area (Å²) < 4.78 is 24.7. The first kappa shape index (κ1) is 15.5. The van der Waals surface area contributed by atoms with E-state index in [0.29, 0.717) is 25.2 Å². The molecule has 0 bridgehead atoms. The maximum atomic E-state index is 12.3. The van der Waals surface area contributed by atoms with Crippen molar-refractivity contribution in [3.05, 3.63) is 11.6 Å². The molecule has 7 nitrogen and oxygen atoms in total. The molecule has 0 spiro atoms. The normalized spacial score (nSPS) is 21.8. The lowest BCUT2D eigenvalue weighted by atomic mass is 10.0. The molecule has 1 saturated heterocycles. The summed E-state index contributed by atoms with van der Waals surface area (Å²) >= 11 is 0. The van der Waals surface area contributed by atoms with E-state index in [1.165, 1.54) is 0 Å². The second-order valence-corrected chi connectivity index (χ2v) is 8.51. The van der Waals surface area contributed by atoms with Crippen molar-refractivity contribution >= 4 is 15.7 Å². The average Bonchev–Trinajstić information content (AvgIpc) is 2.75. The van der Waals surface area contributed by atoms with Crippen molar-refractivity contribution in [2.24, 2.45) is 5.92 Å². The summed E-state index contributed by atoms with van der Waals surface area (Å²) in [5, 5.41) is 11.1. The van der Waals surface area contributed by atoms with Gasteiger partial charge in [-0.05, 0) is 31.6 Å². The smallest absolute Gasteiger partial charge is 0.289 e. The van der Waals surface area contributed by atoms with Crippen LogP contribution >= 0.6 is 0 Å². The third-order valence-electron chi connectivity index (χ3n) is 4.54. The lowest BCUT2D eigenvalue weighted by Gasteiger charge is -2.21. The molecule has 0 atom stereocenters. The Morgan fingerprint density at radius 2 is 1.95 bits per heavy atom. The Bertz CT molecular complexity index is 639. The second-order valence-electron chi connectivity index (χ2n) is 6.21. The molecule has 3 rings (SSSR count). The third kappa shape index (κ3) is 3.48. The fourth-order valence-electron chi connectivity index (χ4n) is 3.11. The molecule has 1 aromatic heterocycles. The van der Waals surface area contributed by atoms with Gasteiger partial charge in [-0.25, -0.2) is 8.42 Å². The Balaban J connectivity index is 1.58. The van der Waals surface area contributed by atoms with Gasteiger partial charge in [-0.3, -0.25) is 4.79 Å². The van der Waals surface area contributed by atoms with Crippen molar-refractivity contribution in [3.8, 4) is 0 Å². The molecule has 0 saturated carbocycles. The minimum atomic E-state index is -2.85. The first-order chi connectivity index (χ1) is 10.6. The molecule has 2 aliphatic rings. The predicted octanol–water partition coefficient (Wildman–Crippen LogP) is 0.559. The van der Waals surface area contributed by atoms with Crippen LogP contribution in [-0.4, -0.2) is 47.1 Å². The topological polar surface area (TPSA) is 93.9 Å². The molecule has 8 heteroatoms. The van der Waals surface area contributed by atoms with Crippen LogP contribution in [0.3, 0.4) is 0 Å². The number of fused-ring (bicyclic) bond motifs is 1. The molecule has 0 aromatic carbocycles. The van der Waals surface area contributed by atoms with Crippen LogP contribution in [0.1, 0.15) is 48.5 Å². The molecule has 2 aliphatic heterocycles. The van der Waals surface area contributed by atoms with Crippen LogP contribution in [0.5, 0.6) is 0 Å². The van der Waals surface area contributed by atoms with Crippen molar-refractivity contribution in [2.45, 2.75) is 45.1 Å². The van der Waals surface area contributed by atoms with E-state index in [4.69, 9.17) is 0 Å². The molecule has 122 valence electrons. The zero-order chi connectivity index (χ0) is 15.6. The summed E-state index contributed by atoms with van der Waals surface area (Å²) in [6, 6.07) is 0. The van der Waals surface area contributed by atoms with Crippen LogP contribution in [-0.2, 0) is 22.8 Å². The standard InChI is InChI=1S/C14H22N4O3S/c19-14(15-10-11-5-8-22(20,21)9-6-11)13-17-16-12-4-2-1-3-7-18(12)13/h11H,1-10H2,(H,15,19). The van der Waals surface area contributed by atoms with Gasteiger partial charge in [0, 0.05) is 19.5 Å². The lowest BCUT2D eigenvalue weighted by Crippen LogP contribution is -2.35. The van der Waals surface area contributed by atoms with Crippen molar-refractivity contribution < 1.29 is 13.2 Å². The highest BCUT2D eigenvalue weighted by Crippen LogP contribution is 2.18. The first-order valence-corrected chi connectivity index (χ1v) is 9.78. The van der Waals surface area contributed by atoms with Gasteiger partial charge in [-0.1, -0.05) is 6.42 Å². The largest absolute Gasteiger partial charge is 0.349 e. The summed E-state index contributed by atoms with van der Waals surface area (Å²) in [6.07, 6.45) is 5.42. The van der Waals surface area contributed by atoms with Gasteiger partial charge < -0.3 is 9.88 Å². The molecule has 1 fully saturated rings. The molecule has 1 amide bonds. The third-order valence-corrected chi connectivity index (χ3v) is 6.25. The monoisotopic (exact) mass is 326 g/mol. The Hall–Kier alpha value is -1.44. The number of aromatic nitrogens is 3. The van der Waals surface area contributed by atoms with Gasteiger partial charge in [0.15, 0.2) is 0 Å². The van der Waals surface area contributed by atoms with Crippen molar-refractivity contribution in [3.63, 3.8) is 0 Å². The van der Waals surface area contributed by atoms with Gasteiger partial charge in [-0.2, -0.15) is 0 Å². The molecule has 0 unspecified atom stereocenters. The number of nitrogens with zero attached hydrogens (tertiary/aromatic N) is 3. The van der Waals surface area contributed by atoms with E-state index in [9.17, 15) is 13.2 Å². The van der Waals surface area contributed by atoms with Gasteiger partial charge in [0.05, 0.1) is 11.5 Å². The van der Waals surface area contributed by atoms with E-state index < -0.39 is 9.84 Å². The molecule has 1 N–H and O–H groups in total. The maximum Gasteiger partial charge on any atom is 0.289 e. The SMILES string of the molecule is O=C(NCC1CCS(=O)(=O)CC1)c1nnc2n1CCCCC2. The molecule has 0 aliphatic carbocycles. The minimum Gasteiger partial charge on any atom is -0.349 e. The maximum absolute atomic E-state index is 12.3. The summed E-state index contributed by atoms with van der Waals surface area (Å²) in [4.78, 5) is 12.3. The van der Waals surface area contributed by atoms with Gasteiger partial charge in [-0.15, -0.1) is 10.2 Å². The fraction of sp³-hybridized carbons (Fsp3) is 0.786. The number of rotatable bonds is 3. The van der Waals surface area contributed by atoms with Gasteiger partial charge in [0.25, 0.3) is 5.91 Å².